The van der Waals surface area contributed by atoms with Crippen molar-refractivity contribution >= 4 is 29.1 Å². The van der Waals surface area contributed by atoms with Crippen LogP contribution in [-0.2, 0) is 0 Å². The van der Waals surface area contributed by atoms with Crippen LogP contribution in [-0.4, -0.2) is 17.4 Å². The van der Waals surface area contributed by atoms with Crippen molar-refractivity contribution < 1.29 is 13.6 Å². The Morgan fingerprint density at radius 2 is 2.00 bits per heavy atom. The van der Waals surface area contributed by atoms with Gasteiger partial charge < -0.3 is 5.32 Å². The molecule has 1 N–H and O–H groups in total. The van der Waals surface area contributed by atoms with Crippen molar-refractivity contribution in [3.05, 3.63) is 63.4 Å². The van der Waals surface area contributed by atoms with Crippen LogP contribution in [0.25, 0.3) is 0 Å². The van der Waals surface area contributed by atoms with Crippen LogP contribution in [0, 0.1) is 5.92 Å². The topological polar surface area (TPSA) is 42.0 Å². The van der Waals surface area contributed by atoms with Gasteiger partial charge in [0.2, 0.25) is 0 Å². The van der Waals surface area contributed by atoms with Gasteiger partial charge in [-0.3, -0.25) is 9.78 Å². The van der Waals surface area contributed by atoms with Gasteiger partial charge >= 0.3 is 0 Å². The summed E-state index contributed by atoms with van der Waals surface area (Å²) in [7, 11) is 0. The zero-order chi connectivity index (χ0) is 18.7. The summed E-state index contributed by atoms with van der Waals surface area (Å²) in [6, 6.07) is 7.72. The molecule has 1 atom stereocenters. The molecule has 7 heteroatoms. The first kappa shape index (κ1) is 19.1. The van der Waals surface area contributed by atoms with E-state index in [4.69, 9.17) is 23.2 Å². The maximum atomic E-state index is 12.7. The number of rotatable bonds is 7. The second-order valence-corrected chi connectivity index (χ2v) is 7.37. The normalized spacial score (nSPS) is 15.1. The minimum Gasteiger partial charge on any atom is -0.351 e. The van der Waals surface area contributed by atoms with Gasteiger partial charge in [-0.1, -0.05) is 42.1 Å². The minimum absolute atomic E-state index is 0.0248. The number of hydrogen-bond acceptors (Lipinski definition) is 2. The number of halogens is 4. The lowest BCUT2D eigenvalue weighted by Crippen LogP contribution is -2.29. The predicted molar refractivity (Wildman–Crippen MR) is 98.1 cm³/mol. The van der Waals surface area contributed by atoms with E-state index in [9.17, 15) is 13.6 Å². The van der Waals surface area contributed by atoms with E-state index in [2.05, 4.69) is 10.3 Å². The fourth-order valence-electron chi connectivity index (χ4n) is 2.87. The van der Waals surface area contributed by atoms with Crippen molar-refractivity contribution in [2.24, 2.45) is 5.92 Å². The van der Waals surface area contributed by atoms with Gasteiger partial charge in [-0.25, -0.2) is 8.78 Å². The average molecular weight is 399 g/mol. The van der Waals surface area contributed by atoms with Crippen LogP contribution in [0.2, 0.25) is 10.0 Å². The smallest absolute Gasteiger partial charge is 0.280 e. The number of aromatic nitrogens is 1. The van der Waals surface area contributed by atoms with Gasteiger partial charge in [0.1, 0.15) is 5.69 Å². The summed E-state index contributed by atoms with van der Waals surface area (Å²) in [5, 5.41) is 3.64. The summed E-state index contributed by atoms with van der Waals surface area (Å²) in [6.07, 6.45) is 2.12. The van der Waals surface area contributed by atoms with Crippen LogP contribution in [0.5, 0.6) is 0 Å². The highest BCUT2D eigenvalue weighted by molar-refractivity contribution is 6.36. The molecular formula is C19H18Cl2F2N2O. The standard InChI is InChI=1S/C19H18Cl2F2N2O/c20-14-4-5-15(16(21)8-14)19(26)25-10-13(7-11-1-2-11)12-3-6-17(18(22)23)24-9-12/h3-6,8-9,11,13,18H,1-2,7,10H2,(H,25,26). The summed E-state index contributed by atoms with van der Waals surface area (Å²) in [6.45, 7) is 0.393. The predicted octanol–water partition coefficient (Wildman–Crippen LogP) is 5.64. The molecule has 1 fully saturated rings. The van der Waals surface area contributed by atoms with Gasteiger partial charge in [0.25, 0.3) is 12.3 Å². The molecule has 2 aromatic rings. The third-order valence-corrected chi connectivity index (χ3v) is 5.05. The molecule has 1 heterocycles. The molecule has 3 nitrogen and oxygen atoms in total. The van der Waals surface area contributed by atoms with Gasteiger partial charge in [0.15, 0.2) is 0 Å². The average Bonchev–Trinajstić information content (AvgIpc) is 3.42. The Labute approximate surface area is 160 Å². The van der Waals surface area contributed by atoms with Gasteiger partial charge in [0, 0.05) is 23.7 Å². The van der Waals surface area contributed by atoms with E-state index >= 15 is 0 Å². The maximum absolute atomic E-state index is 12.7. The summed E-state index contributed by atoms with van der Waals surface area (Å²) >= 11 is 11.9. The van der Waals surface area contributed by atoms with Crippen LogP contribution in [0.15, 0.2) is 36.5 Å². The Morgan fingerprint density at radius 3 is 2.58 bits per heavy atom. The second-order valence-electron chi connectivity index (χ2n) is 6.53. The number of nitrogens with zero attached hydrogens (tertiary/aromatic N) is 1. The zero-order valence-electron chi connectivity index (χ0n) is 13.9. The summed E-state index contributed by atoms with van der Waals surface area (Å²) < 4.78 is 25.4. The van der Waals surface area contributed by atoms with Crippen molar-refractivity contribution in [1.29, 1.82) is 0 Å². The molecule has 3 rings (SSSR count). The van der Waals surface area contributed by atoms with Gasteiger partial charge in [-0.2, -0.15) is 0 Å². The summed E-state index contributed by atoms with van der Waals surface area (Å²) in [5.41, 5.74) is 0.965. The molecule has 1 aliphatic carbocycles. The fraction of sp³-hybridized carbons (Fsp3) is 0.368. The van der Waals surface area contributed by atoms with E-state index in [-0.39, 0.29) is 22.5 Å². The van der Waals surface area contributed by atoms with E-state index in [1.165, 1.54) is 18.3 Å². The van der Waals surface area contributed by atoms with Crippen molar-refractivity contribution in [2.75, 3.05) is 6.54 Å². The fourth-order valence-corrected chi connectivity index (χ4v) is 3.36. The third-order valence-electron chi connectivity index (χ3n) is 4.50. The Morgan fingerprint density at radius 1 is 1.23 bits per heavy atom. The van der Waals surface area contributed by atoms with Crippen LogP contribution in [0.4, 0.5) is 8.78 Å². The molecule has 0 saturated heterocycles. The lowest BCUT2D eigenvalue weighted by atomic mass is 9.94. The molecular weight excluding hydrogens is 381 g/mol. The first-order valence-electron chi connectivity index (χ1n) is 8.41. The number of carbonyl (C=O) groups excluding carboxylic acids is 1. The lowest BCUT2D eigenvalue weighted by molar-refractivity contribution is 0.0950. The number of benzene rings is 1. The van der Waals surface area contributed by atoms with Crippen molar-refractivity contribution in [3.63, 3.8) is 0 Å². The Balaban J connectivity index is 1.69. The van der Waals surface area contributed by atoms with Gasteiger partial charge in [-0.05, 0) is 42.2 Å². The number of amides is 1. The van der Waals surface area contributed by atoms with Crippen molar-refractivity contribution in [1.82, 2.24) is 10.3 Å². The number of nitrogens with one attached hydrogen (secondary N) is 1. The lowest BCUT2D eigenvalue weighted by Gasteiger charge is -2.18. The first-order valence-corrected chi connectivity index (χ1v) is 9.17. The number of carbonyl (C=O) groups is 1. The quantitative estimate of drug-likeness (QED) is 0.655. The van der Waals surface area contributed by atoms with E-state index < -0.39 is 6.43 Å². The molecule has 26 heavy (non-hydrogen) atoms. The van der Waals surface area contributed by atoms with E-state index in [1.807, 2.05) is 0 Å². The maximum Gasteiger partial charge on any atom is 0.280 e. The molecule has 1 aromatic heterocycles. The van der Waals surface area contributed by atoms with Crippen molar-refractivity contribution in [3.8, 4) is 0 Å². The minimum atomic E-state index is -2.59. The SMILES string of the molecule is O=C(NCC(CC1CC1)c1ccc(C(F)F)nc1)c1ccc(Cl)cc1Cl. The largest absolute Gasteiger partial charge is 0.351 e. The number of hydrogen-bond donors (Lipinski definition) is 1. The van der Waals surface area contributed by atoms with E-state index in [0.29, 0.717) is 23.0 Å². The second kappa shape index (κ2) is 8.31. The Hall–Kier alpha value is -1.72. The summed E-state index contributed by atoms with van der Waals surface area (Å²) in [4.78, 5) is 16.2. The zero-order valence-corrected chi connectivity index (χ0v) is 15.4. The molecule has 0 bridgehead atoms. The van der Waals surface area contributed by atoms with Gasteiger partial charge in [-0.15, -0.1) is 0 Å². The highest BCUT2D eigenvalue weighted by Gasteiger charge is 2.27. The van der Waals surface area contributed by atoms with Crippen LogP contribution in [0.1, 0.15) is 53.2 Å². The molecule has 1 unspecified atom stereocenters. The third kappa shape index (κ3) is 4.92. The molecule has 0 spiro atoms. The molecule has 1 amide bonds. The van der Waals surface area contributed by atoms with Crippen LogP contribution >= 0.6 is 23.2 Å². The van der Waals surface area contributed by atoms with E-state index in [0.717, 1.165) is 24.8 Å². The monoisotopic (exact) mass is 398 g/mol. The molecule has 1 aliphatic rings. The highest BCUT2D eigenvalue weighted by Crippen LogP contribution is 2.38. The Bertz CT molecular complexity index is 780. The van der Waals surface area contributed by atoms with Crippen LogP contribution in [0.3, 0.4) is 0 Å². The molecule has 1 saturated carbocycles. The van der Waals surface area contributed by atoms with Crippen LogP contribution < -0.4 is 5.32 Å². The molecule has 0 radical (unpaired) electrons. The van der Waals surface area contributed by atoms with E-state index in [1.54, 1.807) is 18.2 Å². The number of pyridine rings is 1. The molecule has 0 aliphatic heterocycles. The van der Waals surface area contributed by atoms with Gasteiger partial charge in [0.05, 0.1) is 10.6 Å². The van der Waals surface area contributed by atoms with Crippen molar-refractivity contribution in [2.45, 2.75) is 31.6 Å². The Kier molecular flexibility index (Phi) is 6.09. The number of alkyl halides is 2. The first-order chi connectivity index (χ1) is 12.4. The molecule has 1 aromatic carbocycles. The summed E-state index contributed by atoms with van der Waals surface area (Å²) in [5.74, 6) is 0.354. The molecule has 138 valence electrons. The highest BCUT2D eigenvalue weighted by atomic mass is 35.5.